The Kier molecular flexibility index (Phi) is 11.6. The van der Waals surface area contributed by atoms with Crippen molar-refractivity contribution in [3.8, 4) is 34.1 Å². The molecule has 0 atom stereocenters. The summed E-state index contributed by atoms with van der Waals surface area (Å²) < 4.78 is 10.9. The molecule has 7 rings (SSSR count). The number of aryl methyl sites for hydroxylation is 4. The van der Waals surface area contributed by atoms with Gasteiger partial charge < -0.3 is 9.30 Å². The van der Waals surface area contributed by atoms with Crippen LogP contribution in [0.2, 0.25) is 0 Å². The number of pyridine rings is 1. The van der Waals surface area contributed by atoms with Crippen molar-refractivity contribution in [2.45, 2.75) is 86.0 Å². The summed E-state index contributed by atoms with van der Waals surface area (Å²) in [5.41, 5.74) is 11.1. The first-order valence-electron chi connectivity index (χ1n) is 18.2. The van der Waals surface area contributed by atoms with Crippen LogP contribution in [0.5, 0.6) is 11.5 Å². The Hall–Kier alpha value is -4.47. The number of unbranched alkanes of at least 4 members (excludes halogenated alkanes) is 4. The minimum Gasteiger partial charge on any atom is -0.509 e. The molecule has 0 N–H and O–H groups in total. The van der Waals surface area contributed by atoms with Gasteiger partial charge in [0.25, 0.3) is 0 Å². The van der Waals surface area contributed by atoms with Gasteiger partial charge in [0, 0.05) is 34.5 Å². The first-order chi connectivity index (χ1) is 24.4. The number of nitrogens with zero attached hydrogens (tertiary/aromatic N) is 4. The second-order valence-corrected chi connectivity index (χ2v) is 13.5. The van der Waals surface area contributed by atoms with Gasteiger partial charge in [-0.05, 0) is 79.6 Å². The van der Waals surface area contributed by atoms with Gasteiger partial charge in [0.05, 0.1) is 5.69 Å². The number of fused-ring (bicyclic) bond motifs is 3. The zero-order chi connectivity index (χ0) is 34.6. The maximum absolute atomic E-state index is 6.67. The van der Waals surface area contributed by atoms with E-state index < -0.39 is 0 Å². The molecule has 3 heterocycles. The fourth-order valence-corrected chi connectivity index (χ4v) is 7.14. The quantitative estimate of drug-likeness (QED) is 0.0857. The van der Waals surface area contributed by atoms with Crippen LogP contribution in [-0.2, 0) is 33.9 Å². The largest absolute Gasteiger partial charge is 2.00 e. The molecular formula is C45H46N4OPt. The van der Waals surface area contributed by atoms with Crippen LogP contribution < -0.4 is 4.74 Å². The SMILES string of the molecule is CCCCCc1cc(Oc2[c-]c3c(cc2)c2cc(CCCCC)ccc2n3-c2cc(C)ccn2)[c-]c(-n2nc(C)c(-c3ccccc3)c2C)c1.[Pt+2]. The van der Waals surface area contributed by atoms with E-state index in [0.717, 1.165) is 69.7 Å². The zero-order valence-corrected chi connectivity index (χ0v) is 32.6. The summed E-state index contributed by atoms with van der Waals surface area (Å²) in [5, 5.41) is 7.36. The third kappa shape index (κ3) is 7.75. The Morgan fingerprint density at radius 3 is 2.22 bits per heavy atom. The summed E-state index contributed by atoms with van der Waals surface area (Å²) >= 11 is 0. The predicted octanol–water partition coefficient (Wildman–Crippen LogP) is 11.8. The summed E-state index contributed by atoms with van der Waals surface area (Å²) in [6, 6.07) is 37.3. The van der Waals surface area contributed by atoms with E-state index >= 15 is 0 Å². The minimum absolute atomic E-state index is 0. The van der Waals surface area contributed by atoms with Crippen molar-refractivity contribution in [2.75, 3.05) is 0 Å². The Labute approximate surface area is 317 Å². The van der Waals surface area contributed by atoms with Crippen molar-refractivity contribution in [3.05, 3.63) is 131 Å². The maximum Gasteiger partial charge on any atom is 2.00 e. The molecule has 0 bridgehead atoms. The molecule has 7 aromatic rings. The van der Waals surface area contributed by atoms with Gasteiger partial charge in [-0.3, -0.25) is 4.68 Å². The summed E-state index contributed by atoms with van der Waals surface area (Å²) in [7, 11) is 0. The molecular weight excluding hydrogens is 808 g/mol. The molecule has 0 aliphatic rings. The summed E-state index contributed by atoms with van der Waals surface area (Å²) in [6.45, 7) is 10.8. The van der Waals surface area contributed by atoms with Crippen molar-refractivity contribution in [3.63, 3.8) is 0 Å². The van der Waals surface area contributed by atoms with E-state index in [1.165, 1.54) is 54.2 Å². The molecule has 0 spiro atoms. The third-order valence-corrected chi connectivity index (χ3v) is 9.67. The number of aromatic nitrogens is 4. The van der Waals surface area contributed by atoms with E-state index in [1.807, 2.05) is 29.1 Å². The van der Waals surface area contributed by atoms with Gasteiger partial charge in [-0.2, -0.15) is 16.7 Å². The summed E-state index contributed by atoms with van der Waals surface area (Å²) in [4.78, 5) is 4.80. The summed E-state index contributed by atoms with van der Waals surface area (Å²) in [5.74, 6) is 2.18. The molecule has 0 saturated heterocycles. The topological polar surface area (TPSA) is 44.9 Å². The molecule has 0 saturated carbocycles. The molecule has 0 aliphatic heterocycles. The standard InChI is InChI=1S/C45H46N4O.Pt/c1-6-8-11-15-34-19-22-42-41(28-34)40-21-20-38(30-43(40)48(42)44-25-31(3)23-24-46-44)50-39-27-35(16-12-9-7-2)26-37(29-39)49-33(5)45(32(4)47-49)36-17-13-10-14-18-36;/h10,13-14,17-28H,6-9,11-12,15-16H2,1-5H3;/q-2;+2. The Balaban J connectivity index is 0.00000448. The van der Waals surface area contributed by atoms with E-state index in [2.05, 4.69) is 118 Å². The van der Waals surface area contributed by atoms with Crippen LogP contribution >= 0.6 is 0 Å². The summed E-state index contributed by atoms with van der Waals surface area (Å²) in [6.07, 6.45) is 11.1. The first-order valence-corrected chi connectivity index (χ1v) is 18.2. The monoisotopic (exact) mass is 853 g/mol. The van der Waals surface area contributed by atoms with Crippen molar-refractivity contribution >= 4 is 21.8 Å². The molecule has 0 unspecified atom stereocenters. The molecule has 0 fully saturated rings. The maximum atomic E-state index is 6.67. The van der Waals surface area contributed by atoms with Crippen molar-refractivity contribution in [1.82, 2.24) is 19.3 Å². The fraction of sp³-hybridized carbons (Fsp3) is 0.289. The Morgan fingerprint density at radius 1 is 0.706 bits per heavy atom. The van der Waals surface area contributed by atoms with Crippen molar-refractivity contribution < 1.29 is 25.8 Å². The van der Waals surface area contributed by atoms with Gasteiger partial charge in [-0.25, -0.2) is 4.98 Å². The van der Waals surface area contributed by atoms with Crippen LogP contribution in [0.4, 0.5) is 0 Å². The van der Waals surface area contributed by atoms with Gasteiger partial charge in [-0.1, -0.05) is 100 Å². The van der Waals surface area contributed by atoms with Gasteiger partial charge in [0.15, 0.2) is 0 Å². The molecule has 0 amide bonds. The first kappa shape index (κ1) is 36.3. The number of benzene rings is 4. The fourth-order valence-electron chi connectivity index (χ4n) is 7.14. The number of hydrogen-bond donors (Lipinski definition) is 0. The van der Waals surface area contributed by atoms with Gasteiger partial charge in [0.2, 0.25) is 0 Å². The van der Waals surface area contributed by atoms with Crippen LogP contribution in [0.3, 0.4) is 0 Å². The zero-order valence-electron chi connectivity index (χ0n) is 30.3. The van der Waals surface area contributed by atoms with Crippen LogP contribution in [0.1, 0.15) is 80.5 Å². The molecule has 3 aromatic heterocycles. The van der Waals surface area contributed by atoms with Crippen molar-refractivity contribution in [2.24, 2.45) is 0 Å². The molecule has 5 nitrogen and oxygen atoms in total. The smallest absolute Gasteiger partial charge is 0.509 e. The predicted molar refractivity (Wildman–Crippen MR) is 206 cm³/mol. The average molecular weight is 854 g/mol. The van der Waals surface area contributed by atoms with E-state index in [-0.39, 0.29) is 21.1 Å². The van der Waals surface area contributed by atoms with Crippen LogP contribution in [-0.4, -0.2) is 19.3 Å². The van der Waals surface area contributed by atoms with Crippen LogP contribution in [0.15, 0.2) is 91.1 Å². The van der Waals surface area contributed by atoms with Crippen LogP contribution in [0, 0.1) is 32.9 Å². The minimum atomic E-state index is 0. The van der Waals surface area contributed by atoms with Crippen LogP contribution in [0.25, 0.3) is 44.4 Å². The van der Waals surface area contributed by atoms with Crippen molar-refractivity contribution in [1.29, 1.82) is 0 Å². The van der Waals surface area contributed by atoms with Gasteiger partial charge >= 0.3 is 21.1 Å². The number of rotatable bonds is 13. The molecule has 51 heavy (non-hydrogen) atoms. The third-order valence-electron chi connectivity index (χ3n) is 9.67. The van der Waals surface area contributed by atoms with Gasteiger partial charge in [0.1, 0.15) is 5.82 Å². The number of hydrogen-bond acceptors (Lipinski definition) is 3. The molecule has 6 heteroatoms. The normalized spacial score (nSPS) is 11.3. The second-order valence-electron chi connectivity index (χ2n) is 13.5. The van der Waals surface area contributed by atoms with E-state index in [0.29, 0.717) is 11.5 Å². The average Bonchev–Trinajstić information content (AvgIpc) is 3.60. The number of ether oxygens (including phenoxy) is 1. The molecule has 262 valence electrons. The second kappa shape index (κ2) is 16.3. The molecule has 4 aromatic carbocycles. The van der Waals surface area contributed by atoms with E-state index in [9.17, 15) is 0 Å². The van der Waals surface area contributed by atoms with E-state index in [4.69, 9.17) is 14.8 Å². The molecule has 0 aliphatic carbocycles. The Bertz CT molecular complexity index is 2270. The molecule has 0 radical (unpaired) electrons. The Morgan fingerprint density at radius 2 is 1.47 bits per heavy atom. The van der Waals surface area contributed by atoms with E-state index in [1.54, 1.807) is 0 Å². The van der Waals surface area contributed by atoms with Gasteiger partial charge in [-0.15, -0.1) is 35.7 Å².